The monoisotopic (exact) mass is 454 g/mol. The van der Waals surface area contributed by atoms with Crippen LogP contribution < -0.4 is 21.3 Å². The topological polar surface area (TPSA) is 123 Å². The summed E-state index contributed by atoms with van der Waals surface area (Å²) in [6.45, 7) is 1.63. The van der Waals surface area contributed by atoms with Crippen LogP contribution in [0, 0.1) is 6.92 Å². The summed E-state index contributed by atoms with van der Waals surface area (Å²) in [5.41, 5.74) is 14.0. The van der Waals surface area contributed by atoms with Crippen molar-refractivity contribution in [2.75, 3.05) is 6.61 Å². The molecule has 3 aromatic carbocycles. The predicted molar refractivity (Wildman–Crippen MR) is 128 cm³/mol. The second kappa shape index (κ2) is 9.83. The summed E-state index contributed by atoms with van der Waals surface area (Å²) >= 11 is 0. The number of primary amides is 1. The Morgan fingerprint density at radius 1 is 0.912 bits per heavy atom. The first-order valence-corrected chi connectivity index (χ1v) is 10.5. The number of amides is 3. The minimum Gasteiger partial charge on any atom is -0.484 e. The number of nitrogens with two attached hydrogens (primary N) is 1. The van der Waals surface area contributed by atoms with Gasteiger partial charge in [-0.2, -0.15) is 0 Å². The highest BCUT2D eigenvalue weighted by atomic mass is 16.5. The third-order valence-electron chi connectivity index (χ3n) is 5.11. The number of nitrogens with one attached hydrogen (secondary N) is 2. The lowest BCUT2D eigenvalue weighted by atomic mass is 10.0. The molecule has 8 nitrogen and oxygen atoms in total. The first kappa shape index (κ1) is 22.5. The van der Waals surface area contributed by atoms with Crippen LogP contribution in [0.2, 0.25) is 0 Å². The number of aryl methyl sites for hydroxylation is 1. The number of hydrogen-bond donors (Lipinski definition) is 3. The van der Waals surface area contributed by atoms with E-state index in [2.05, 4.69) is 15.8 Å². The number of benzene rings is 3. The summed E-state index contributed by atoms with van der Waals surface area (Å²) in [4.78, 5) is 41.1. The molecular formula is C26H22N4O4. The Morgan fingerprint density at radius 2 is 1.68 bits per heavy atom. The second-order valence-corrected chi connectivity index (χ2v) is 7.62. The average molecular weight is 454 g/mol. The fraction of sp³-hybridized carbons (Fsp3) is 0.0769. The van der Waals surface area contributed by atoms with Gasteiger partial charge < -0.3 is 10.5 Å². The van der Waals surface area contributed by atoms with Crippen molar-refractivity contribution in [3.8, 4) is 17.0 Å². The smallest absolute Gasteiger partial charge is 0.276 e. The van der Waals surface area contributed by atoms with Crippen molar-refractivity contribution in [3.63, 3.8) is 0 Å². The molecule has 0 unspecified atom stereocenters. The normalized spacial score (nSPS) is 10.5. The first-order valence-electron chi connectivity index (χ1n) is 10.5. The van der Waals surface area contributed by atoms with Crippen molar-refractivity contribution in [1.29, 1.82) is 0 Å². The van der Waals surface area contributed by atoms with E-state index in [1.54, 1.807) is 30.3 Å². The highest BCUT2D eigenvalue weighted by molar-refractivity contribution is 6.07. The Hall–Kier alpha value is -4.72. The van der Waals surface area contributed by atoms with Crippen LogP contribution in [0.15, 0.2) is 78.9 Å². The molecule has 8 heteroatoms. The zero-order chi connectivity index (χ0) is 24.1. The van der Waals surface area contributed by atoms with Crippen LogP contribution in [0.4, 0.5) is 0 Å². The molecule has 34 heavy (non-hydrogen) atoms. The minimum absolute atomic E-state index is 0.264. The number of ether oxygens (including phenoxy) is 1. The molecule has 0 bridgehead atoms. The van der Waals surface area contributed by atoms with Gasteiger partial charge >= 0.3 is 0 Å². The SMILES string of the molecule is Cc1ccc(-c2cc(C(=O)NNC(=O)COc3cccc(C(N)=O)c3)c3ccccc3n2)cc1. The highest BCUT2D eigenvalue weighted by Gasteiger charge is 2.15. The van der Waals surface area contributed by atoms with E-state index in [9.17, 15) is 14.4 Å². The van der Waals surface area contributed by atoms with E-state index in [-0.39, 0.29) is 12.2 Å². The van der Waals surface area contributed by atoms with E-state index in [1.165, 1.54) is 6.07 Å². The van der Waals surface area contributed by atoms with Crippen LogP contribution in [0.25, 0.3) is 22.2 Å². The van der Waals surface area contributed by atoms with E-state index in [0.29, 0.717) is 27.9 Å². The third kappa shape index (κ3) is 5.18. The molecule has 0 radical (unpaired) electrons. The molecule has 0 aliphatic heterocycles. The van der Waals surface area contributed by atoms with Gasteiger partial charge in [0.25, 0.3) is 11.8 Å². The molecule has 1 heterocycles. The molecule has 0 saturated carbocycles. The molecule has 1 aromatic heterocycles. The van der Waals surface area contributed by atoms with Gasteiger partial charge in [0.05, 0.1) is 16.8 Å². The number of carbonyl (C=O) groups excluding carboxylic acids is 3. The number of rotatable bonds is 6. The Kier molecular flexibility index (Phi) is 6.49. The Balaban J connectivity index is 1.47. The number of pyridine rings is 1. The van der Waals surface area contributed by atoms with E-state index in [1.807, 2.05) is 49.4 Å². The first-order chi connectivity index (χ1) is 16.4. The lowest BCUT2D eigenvalue weighted by Gasteiger charge is -2.12. The van der Waals surface area contributed by atoms with Gasteiger partial charge in [-0.3, -0.25) is 25.2 Å². The molecule has 3 amide bonds. The van der Waals surface area contributed by atoms with Crippen molar-refractivity contribution >= 4 is 28.6 Å². The number of hydrazine groups is 1. The molecule has 0 saturated heterocycles. The molecule has 0 aliphatic carbocycles. The Labute approximate surface area is 195 Å². The summed E-state index contributed by atoms with van der Waals surface area (Å²) in [5, 5.41) is 0.657. The van der Waals surface area contributed by atoms with Crippen LogP contribution in [0.3, 0.4) is 0 Å². The molecule has 4 aromatic rings. The molecular weight excluding hydrogens is 432 g/mol. The van der Waals surface area contributed by atoms with Crippen molar-refractivity contribution in [2.45, 2.75) is 6.92 Å². The lowest BCUT2D eigenvalue weighted by molar-refractivity contribution is -0.123. The fourth-order valence-electron chi connectivity index (χ4n) is 3.35. The van der Waals surface area contributed by atoms with Crippen LogP contribution in [-0.2, 0) is 4.79 Å². The van der Waals surface area contributed by atoms with E-state index >= 15 is 0 Å². The molecule has 0 atom stereocenters. The molecule has 4 rings (SSSR count). The van der Waals surface area contributed by atoms with Gasteiger partial charge in [-0.25, -0.2) is 4.98 Å². The van der Waals surface area contributed by atoms with Gasteiger partial charge in [0.15, 0.2) is 6.61 Å². The highest BCUT2D eigenvalue weighted by Crippen LogP contribution is 2.25. The number of carbonyl (C=O) groups is 3. The van der Waals surface area contributed by atoms with Gasteiger partial charge in [0, 0.05) is 16.5 Å². The van der Waals surface area contributed by atoms with E-state index in [0.717, 1.165) is 11.1 Å². The van der Waals surface area contributed by atoms with Crippen LogP contribution in [-0.4, -0.2) is 29.3 Å². The number of hydrogen-bond acceptors (Lipinski definition) is 5. The second-order valence-electron chi connectivity index (χ2n) is 7.62. The summed E-state index contributed by atoms with van der Waals surface area (Å²) in [5.74, 6) is -1.36. The Bertz CT molecular complexity index is 1380. The number of nitrogens with zero attached hydrogens (tertiary/aromatic N) is 1. The van der Waals surface area contributed by atoms with Gasteiger partial charge in [-0.15, -0.1) is 0 Å². The number of aromatic nitrogens is 1. The largest absolute Gasteiger partial charge is 0.484 e. The molecule has 4 N–H and O–H groups in total. The average Bonchev–Trinajstić information content (AvgIpc) is 2.86. The van der Waals surface area contributed by atoms with Crippen molar-refractivity contribution in [2.24, 2.45) is 5.73 Å². The third-order valence-corrected chi connectivity index (χ3v) is 5.11. The fourth-order valence-corrected chi connectivity index (χ4v) is 3.35. The number of fused-ring (bicyclic) bond motifs is 1. The van der Waals surface area contributed by atoms with Crippen LogP contribution in [0.5, 0.6) is 5.75 Å². The number of para-hydroxylation sites is 1. The summed E-state index contributed by atoms with van der Waals surface area (Å²) < 4.78 is 5.37. The van der Waals surface area contributed by atoms with Gasteiger partial charge in [0.2, 0.25) is 5.91 Å². The van der Waals surface area contributed by atoms with E-state index in [4.69, 9.17) is 10.5 Å². The quantitative estimate of drug-likeness (QED) is 0.386. The van der Waals surface area contributed by atoms with Crippen LogP contribution in [0.1, 0.15) is 26.3 Å². The van der Waals surface area contributed by atoms with Gasteiger partial charge in [-0.05, 0) is 37.3 Å². The Morgan fingerprint density at radius 3 is 2.44 bits per heavy atom. The maximum Gasteiger partial charge on any atom is 0.276 e. The standard InChI is InChI=1S/C26H22N4O4/c1-16-9-11-17(12-10-16)23-14-21(20-7-2-3-8-22(20)28-23)26(33)30-29-24(31)15-34-19-6-4-5-18(13-19)25(27)32/h2-14H,15H2,1H3,(H2,27,32)(H,29,31)(H,30,33). The summed E-state index contributed by atoms with van der Waals surface area (Å²) in [6, 6.07) is 23.0. The van der Waals surface area contributed by atoms with Gasteiger partial charge in [-0.1, -0.05) is 54.1 Å². The van der Waals surface area contributed by atoms with Gasteiger partial charge in [0.1, 0.15) is 5.75 Å². The van der Waals surface area contributed by atoms with Crippen molar-refractivity contribution < 1.29 is 19.1 Å². The predicted octanol–water partition coefficient (Wildman–Crippen LogP) is 3.15. The maximum absolute atomic E-state index is 12.9. The maximum atomic E-state index is 12.9. The minimum atomic E-state index is -0.600. The zero-order valence-corrected chi connectivity index (χ0v) is 18.4. The van der Waals surface area contributed by atoms with Crippen molar-refractivity contribution in [1.82, 2.24) is 15.8 Å². The van der Waals surface area contributed by atoms with Crippen LogP contribution >= 0.6 is 0 Å². The van der Waals surface area contributed by atoms with Crippen molar-refractivity contribution in [3.05, 3.63) is 95.6 Å². The molecule has 170 valence electrons. The molecule has 0 aliphatic rings. The molecule has 0 fully saturated rings. The molecule has 0 spiro atoms. The summed E-state index contributed by atoms with van der Waals surface area (Å²) in [7, 11) is 0. The summed E-state index contributed by atoms with van der Waals surface area (Å²) in [6.07, 6.45) is 0. The lowest BCUT2D eigenvalue weighted by Crippen LogP contribution is -2.43. The van der Waals surface area contributed by atoms with E-state index < -0.39 is 17.7 Å². The zero-order valence-electron chi connectivity index (χ0n) is 18.4.